The molecule has 0 spiro atoms. The lowest BCUT2D eigenvalue weighted by Crippen LogP contribution is -2.28. The molecule has 0 saturated carbocycles. The highest BCUT2D eigenvalue weighted by Crippen LogP contribution is 2.31. The van der Waals surface area contributed by atoms with E-state index in [4.69, 9.17) is 10.6 Å². The number of aliphatic imine (C=N–C) groups is 1. The number of benzene rings is 2. The maximum Gasteiger partial charge on any atom is 0.279 e. The number of ether oxygens (including phenoxy) is 1. The van der Waals surface area contributed by atoms with Crippen molar-refractivity contribution in [3.63, 3.8) is 0 Å². The van der Waals surface area contributed by atoms with Crippen LogP contribution in [0.5, 0.6) is 10.9 Å². The van der Waals surface area contributed by atoms with Gasteiger partial charge in [-0.25, -0.2) is 9.98 Å². The van der Waals surface area contributed by atoms with E-state index in [0.29, 0.717) is 11.0 Å². The van der Waals surface area contributed by atoms with Gasteiger partial charge in [-0.3, -0.25) is 0 Å². The van der Waals surface area contributed by atoms with E-state index >= 15 is 0 Å². The number of hydrogen-bond donors (Lipinski definition) is 1. The van der Waals surface area contributed by atoms with Crippen LogP contribution in [0, 0.1) is 0 Å². The zero-order valence-corrected chi connectivity index (χ0v) is 19.9. The van der Waals surface area contributed by atoms with Gasteiger partial charge in [0.1, 0.15) is 11.6 Å². The number of unbranched alkanes of at least 4 members (excludes halogenated alkanes) is 1. The molecular formula is C25H33N5OS. The van der Waals surface area contributed by atoms with E-state index in [1.807, 2.05) is 37.3 Å². The summed E-state index contributed by atoms with van der Waals surface area (Å²) >= 11 is 1.57. The lowest BCUT2D eigenvalue weighted by atomic mass is 10.1. The zero-order valence-electron chi connectivity index (χ0n) is 19.0. The molecule has 2 aromatic carbocycles. The molecular weight excluding hydrogens is 418 g/mol. The van der Waals surface area contributed by atoms with Gasteiger partial charge in [-0.2, -0.15) is 5.10 Å². The first-order valence-corrected chi connectivity index (χ1v) is 12.1. The number of hydrazone groups is 1. The minimum Gasteiger partial charge on any atom is -0.431 e. The maximum atomic E-state index is 5.97. The number of para-hydroxylation sites is 1. The average molecular weight is 452 g/mol. The van der Waals surface area contributed by atoms with Gasteiger partial charge in [0.2, 0.25) is 0 Å². The number of hydrogen-bond acceptors (Lipinski definition) is 6. The van der Waals surface area contributed by atoms with Crippen molar-refractivity contribution in [1.29, 1.82) is 0 Å². The number of thiazole rings is 1. The molecule has 0 aliphatic rings. The Kier molecular flexibility index (Phi) is 9.65. The van der Waals surface area contributed by atoms with E-state index in [9.17, 15) is 0 Å². The Hall–Kier alpha value is -2.77. The molecule has 2 N–H and O–H groups in total. The van der Waals surface area contributed by atoms with E-state index in [2.05, 4.69) is 45.1 Å². The lowest BCUT2D eigenvalue weighted by Gasteiger charge is -2.22. The lowest BCUT2D eigenvalue weighted by molar-refractivity contribution is 0.271. The van der Waals surface area contributed by atoms with Crippen molar-refractivity contribution in [2.75, 3.05) is 19.6 Å². The van der Waals surface area contributed by atoms with Gasteiger partial charge in [0.15, 0.2) is 0 Å². The van der Waals surface area contributed by atoms with Crippen molar-refractivity contribution in [3.8, 4) is 10.9 Å². The van der Waals surface area contributed by atoms with Crippen molar-refractivity contribution in [3.05, 3.63) is 54.1 Å². The minimum atomic E-state index is 0.678. The number of nitrogens with two attached hydrogens (primary N) is 1. The van der Waals surface area contributed by atoms with Crippen LogP contribution in [0.15, 0.2) is 58.6 Å². The predicted octanol–water partition coefficient (Wildman–Crippen LogP) is 5.88. The number of rotatable bonds is 12. The standard InChI is InChI=1S/C25H33N5OS/c1-3-5-17-30(18-8-11-24(29-26)27-4-2)19-16-20-12-14-21(15-13-20)31-25-28-22-9-6-7-10-23(22)32-25/h4,6-7,9-10,12-15H,3,5,8,11,16-19,26H2,1-2H3/b27-4?,29-24-. The molecule has 1 heterocycles. The topological polar surface area (TPSA) is 76.1 Å². The van der Waals surface area contributed by atoms with Crippen LogP contribution in [0.1, 0.15) is 45.1 Å². The molecule has 0 fully saturated rings. The molecule has 3 aromatic rings. The fourth-order valence-electron chi connectivity index (χ4n) is 3.50. The summed E-state index contributed by atoms with van der Waals surface area (Å²) in [6.07, 6.45) is 6.97. The average Bonchev–Trinajstić information content (AvgIpc) is 3.23. The molecule has 0 unspecified atom stereocenters. The van der Waals surface area contributed by atoms with E-state index in [1.54, 1.807) is 17.6 Å². The smallest absolute Gasteiger partial charge is 0.279 e. The summed E-state index contributed by atoms with van der Waals surface area (Å²) in [6, 6.07) is 16.4. The van der Waals surface area contributed by atoms with Gasteiger partial charge in [-0.05, 0) is 69.1 Å². The third kappa shape index (κ3) is 7.43. The molecule has 170 valence electrons. The normalized spacial score (nSPS) is 12.3. The molecule has 7 heteroatoms. The predicted molar refractivity (Wildman–Crippen MR) is 136 cm³/mol. The Morgan fingerprint density at radius 2 is 1.88 bits per heavy atom. The SMILES string of the molecule is CC=N/C(CCCN(CCCC)CCc1ccc(Oc2nc3ccccc3s2)cc1)=N\N. The van der Waals surface area contributed by atoms with Crippen LogP contribution in [-0.2, 0) is 6.42 Å². The molecule has 0 saturated heterocycles. The second kappa shape index (κ2) is 12.9. The van der Waals surface area contributed by atoms with Crippen molar-refractivity contribution in [2.24, 2.45) is 15.9 Å². The first-order chi connectivity index (χ1) is 15.7. The molecule has 6 nitrogen and oxygen atoms in total. The van der Waals surface area contributed by atoms with Crippen LogP contribution in [0.4, 0.5) is 0 Å². The third-order valence-corrected chi connectivity index (χ3v) is 6.16. The van der Waals surface area contributed by atoms with Crippen LogP contribution in [0.25, 0.3) is 10.2 Å². The molecule has 32 heavy (non-hydrogen) atoms. The van der Waals surface area contributed by atoms with Crippen molar-refractivity contribution in [1.82, 2.24) is 9.88 Å². The number of fused-ring (bicyclic) bond motifs is 1. The van der Waals surface area contributed by atoms with E-state index in [-0.39, 0.29) is 0 Å². The molecule has 0 atom stereocenters. The van der Waals surface area contributed by atoms with Gasteiger partial charge in [0, 0.05) is 19.2 Å². The van der Waals surface area contributed by atoms with Gasteiger partial charge in [0.05, 0.1) is 10.2 Å². The Morgan fingerprint density at radius 1 is 1.09 bits per heavy atom. The van der Waals surface area contributed by atoms with Crippen LogP contribution >= 0.6 is 11.3 Å². The first kappa shape index (κ1) is 23.9. The largest absolute Gasteiger partial charge is 0.431 e. The first-order valence-electron chi connectivity index (χ1n) is 11.3. The van der Waals surface area contributed by atoms with Gasteiger partial charge in [-0.1, -0.05) is 48.9 Å². The Balaban J connectivity index is 1.50. The summed E-state index contributed by atoms with van der Waals surface area (Å²) < 4.78 is 7.10. The molecule has 0 amide bonds. The van der Waals surface area contributed by atoms with Crippen LogP contribution in [-0.4, -0.2) is 41.6 Å². The number of amidine groups is 1. The number of aromatic nitrogens is 1. The van der Waals surface area contributed by atoms with E-state index in [1.165, 1.54) is 18.4 Å². The summed E-state index contributed by atoms with van der Waals surface area (Å²) in [5.41, 5.74) is 2.28. The van der Waals surface area contributed by atoms with Gasteiger partial charge in [-0.15, -0.1) is 0 Å². The Labute approximate surface area is 194 Å². The number of nitrogens with zero attached hydrogens (tertiary/aromatic N) is 4. The van der Waals surface area contributed by atoms with Crippen molar-refractivity contribution < 1.29 is 4.74 Å². The second-order valence-electron chi connectivity index (χ2n) is 7.67. The summed E-state index contributed by atoms with van der Waals surface area (Å²) in [6.45, 7) is 7.29. The Morgan fingerprint density at radius 3 is 2.59 bits per heavy atom. The fourth-order valence-corrected chi connectivity index (χ4v) is 4.33. The summed E-state index contributed by atoms with van der Waals surface area (Å²) in [5.74, 6) is 6.95. The van der Waals surface area contributed by atoms with Crippen LogP contribution in [0.3, 0.4) is 0 Å². The highest BCUT2D eigenvalue weighted by molar-refractivity contribution is 7.20. The molecule has 3 rings (SSSR count). The maximum absolute atomic E-state index is 5.97. The zero-order chi connectivity index (χ0) is 22.6. The molecule has 0 aliphatic heterocycles. The highest BCUT2D eigenvalue weighted by atomic mass is 32.1. The van der Waals surface area contributed by atoms with Crippen molar-refractivity contribution in [2.45, 2.75) is 46.0 Å². The van der Waals surface area contributed by atoms with E-state index < -0.39 is 0 Å². The monoisotopic (exact) mass is 451 g/mol. The van der Waals surface area contributed by atoms with E-state index in [0.717, 1.165) is 54.9 Å². The van der Waals surface area contributed by atoms with Gasteiger partial charge < -0.3 is 15.5 Å². The molecule has 0 radical (unpaired) electrons. The minimum absolute atomic E-state index is 0.678. The quantitative estimate of drug-likeness (QED) is 0.162. The fraction of sp³-hybridized carbons (Fsp3) is 0.400. The van der Waals surface area contributed by atoms with Crippen molar-refractivity contribution >= 4 is 33.6 Å². The van der Waals surface area contributed by atoms with Crippen LogP contribution in [0.2, 0.25) is 0 Å². The molecule has 0 bridgehead atoms. The molecule has 1 aromatic heterocycles. The third-order valence-electron chi connectivity index (χ3n) is 5.25. The Bertz CT molecular complexity index is 980. The highest BCUT2D eigenvalue weighted by Gasteiger charge is 2.08. The molecule has 0 aliphatic carbocycles. The van der Waals surface area contributed by atoms with Crippen LogP contribution < -0.4 is 10.6 Å². The van der Waals surface area contributed by atoms with Gasteiger partial charge >= 0.3 is 0 Å². The summed E-state index contributed by atoms with van der Waals surface area (Å²) in [5, 5.41) is 4.44. The van der Waals surface area contributed by atoms with Gasteiger partial charge in [0.25, 0.3) is 5.19 Å². The second-order valence-corrected chi connectivity index (χ2v) is 8.67. The summed E-state index contributed by atoms with van der Waals surface area (Å²) in [4.78, 5) is 11.3. The summed E-state index contributed by atoms with van der Waals surface area (Å²) in [7, 11) is 0.